The first-order chi connectivity index (χ1) is 9.03. The second kappa shape index (κ2) is 5.73. The summed E-state index contributed by atoms with van der Waals surface area (Å²) in [4.78, 5) is 1.18. The predicted molar refractivity (Wildman–Crippen MR) is 75.8 cm³/mol. The third-order valence-electron chi connectivity index (χ3n) is 2.79. The molecule has 0 saturated carbocycles. The number of thiophene rings is 1. The van der Waals surface area contributed by atoms with Gasteiger partial charge >= 0.3 is 0 Å². The van der Waals surface area contributed by atoms with E-state index in [0.29, 0.717) is 6.54 Å². The standard InChI is InChI=1S/C13H15NO3S2/c1-2-10-7-8-18-13(10)9-14-19(16,17)12-5-3-11(15)4-6-12/h3-8,14-15H,2,9H2,1H3. The van der Waals surface area contributed by atoms with Gasteiger partial charge in [0.25, 0.3) is 0 Å². The minimum atomic E-state index is -3.53. The molecule has 1 aromatic carbocycles. The molecule has 0 bridgehead atoms. The van der Waals surface area contributed by atoms with Crippen LogP contribution in [0.25, 0.3) is 0 Å². The van der Waals surface area contributed by atoms with Gasteiger partial charge in [-0.3, -0.25) is 0 Å². The summed E-state index contributed by atoms with van der Waals surface area (Å²) in [7, 11) is -3.53. The lowest BCUT2D eigenvalue weighted by atomic mass is 10.2. The fraction of sp³-hybridized carbons (Fsp3) is 0.231. The first-order valence-corrected chi connectivity index (χ1v) is 8.23. The molecule has 0 amide bonds. The second-order valence-corrected chi connectivity index (χ2v) is 6.81. The third-order valence-corrected chi connectivity index (χ3v) is 5.17. The molecule has 2 aromatic rings. The minimum absolute atomic E-state index is 0.0467. The zero-order valence-electron chi connectivity index (χ0n) is 10.5. The summed E-state index contributed by atoms with van der Waals surface area (Å²) in [5, 5.41) is 11.1. The Labute approximate surface area is 116 Å². The SMILES string of the molecule is CCc1ccsc1CNS(=O)(=O)c1ccc(O)cc1. The monoisotopic (exact) mass is 297 g/mol. The van der Waals surface area contributed by atoms with Gasteiger partial charge in [0, 0.05) is 11.4 Å². The van der Waals surface area contributed by atoms with Crippen molar-refractivity contribution in [3.8, 4) is 5.75 Å². The molecule has 2 N–H and O–H groups in total. The van der Waals surface area contributed by atoms with E-state index in [1.807, 2.05) is 18.4 Å². The van der Waals surface area contributed by atoms with Crippen molar-refractivity contribution >= 4 is 21.4 Å². The molecule has 0 saturated heterocycles. The highest BCUT2D eigenvalue weighted by Gasteiger charge is 2.14. The Kier molecular flexibility index (Phi) is 4.24. The summed E-state index contributed by atoms with van der Waals surface area (Å²) < 4.78 is 26.7. The van der Waals surface area contributed by atoms with Gasteiger partial charge in [0.2, 0.25) is 10.0 Å². The lowest BCUT2D eigenvalue weighted by Crippen LogP contribution is -2.23. The van der Waals surface area contributed by atoms with Crippen LogP contribution in [-0.4, -0.2) is 13.5 Å². The molecule has 19 heavy (non-hydrogen) atoms. The van der Waals surface area contributed by atoms with Gasteiger partial charge in [-0.15, -0.1) is 11.3 Å². The van der Waals surface area contributed by atoms with Gasteiger partial charge in [0.1, 0.15) is 5.75 Å². The third kappa shape index (κ3) is 3.34. The first kappa shape index (κ1) is 14.0. The average molecular weight is 297 g/mol. The van der Waals surface area contributed by atoms with E-state index in [1.54, 1.807) is 11.3 Å². The van der Waals surface area contributed by atoms with Crippen LogP contribution in [0.2, 0.25) is 0 Å². The van der Waals surface area contributed by atoms with Crippen molar-refractivity contribution in [3.05, 3.63) is 46.2 Å². The van der Waals surface area contributed by atoms with E-state index < -0.39 is 10.0 Å². The summed E-state index contributed by atoms with van der Waals surface area (Å²) in [6.07, 6.45) is 0.889. The van der Waals surface area contributed by atoms with Crippen LogP contribution < -0.4 is 4.72 Å². The number of nitrogens with one attached hydrogen (secondary N) is 1. The molecular formula is C13H15NO3S2. The molecule has 0 aliphatic heterocycles. The van der Waals surface area contributed by atoms with Crippen molar-refractivity contribution in [1.82, 2.24) is 4.72 Å². The fourth-order valence-corrected chi connectivity index (χ4v) is 3.71. The fourth-order valence-electron chi connectivity index (χ4n) is 1.71. The molecular weight excluding hydrogens is 282 g/mol. The average Bonchev–Trinajstić information content (AvgIpc) is 2.84. The lowest BCUT2D eigenvalue weighted by molar-refractivity contribution is 0.474. The van der Waals surface area contributed by atoms with Gasteiger partial charge < -0.3 is 5.11 Å². The molecule has 102 valence electrons. The number of hydrogen-bond acceptors (Lipinski definition) is 4. The van der Waals surface area contributed by atoms with Gasteiger partial charge in [-0.1, -0.05) is 6.92 Å². The van der Waals surface area contributed by atoms with E-state index in [0.717, 1.165) is 11.3 Å². The summed E-state index contributed by atoms with van der Waals surface area (Å²) in [5.41, 5.74) is 1.17. The van der Waals surface area contributed by atoms with Crippen LogP contribution >= 0.6 is 11.3 Å². The van der Waals surface area contributed by atoms with E-state index >= 15 is 0 Å². The van der Waals surface area contributed by atoms with Crippen molar-refractivity contribution < 1.29 is 13.5 Å². The van der Waals surface area contributed by atoms with Gasteiger partial charge in [0.05, 0.1) is 4.90 Å². The van der Waals surface area contributed by atoms with Crippen LogP contribution in [0.4, 0.5) is 0 Å². The normalized spacial score (nSPS) is 11.6. The molecule has 0 unspecified atom stereocenters. The van der Waals surface area contributed by atoms with Crippen molar-refractivity contribution in [3.63, 3.8) is 0 Å². The number of aryl methyl sites for hydroxylation is 1. The topological polar surface area (TPSA) is 66.4 Å². The molecule has 0 aliphatic carbocycles. The Morgan fingerprint density at radius 3 is 2.53 bits per heavy atom. The van der Waals surface area contributed by atoms with Crippen LogP contribution in [0.3, 0.4) is 0 Å². The molecule has 0 spiro atoms. The second-order valence-electron chi connectivity index (χ2n) is 4.04. The van der Waals surface area contributed by atoms with E-state index in [9.17, 15) is 8.42 Å². The molecule has 0 fully saturated rings. The summed E-state index contributed by atoms with van der Waals surface area (Å²) >= 11 is 1.55. The van der Waals surface area contributed by atoms with E-state index in [2.05, 4.69) is 4.72 Å². The van der Waals surface area contributed by atoms with Crippen LogP contribution in [-0.2, 0) is 23.0 Å². The van der Waals surface area contributed by atoms with Crippen molar-refractivity contribution in [2.45, 2.75) is 24.8 Å². The first-order valence-electron chi connectivity index (χ1n) is 5.87. The smallest absolute Gasteiger partial charge is 0.240 e. The zero-order chi connectivity index (χ0) is 13.9. The minimum Gasteiger partial charge on any atom is -0.508 e. The largest absolute Gasteiger partial charge is 0.508 e. The number of rotatable bonds is 5. The van der Waals surface area contributed by atoms with E-state index in [1.165, 1.54) is 29.8 Å². The van der Waals surface area contributed by atoms with Gasteiger partial charge in [-0.25, -0.2) is 13.1 Å². The molecule has 0 aliphatic rings. The predicted octanol–water partition coefficient (Wildman–Crippen LogP) is 2.49. The van der Waals surface area contributed by atoms with E-state index in [4.69, 9.17) is 5.11 Å². The highest BCUT2D eigenvalue weighted by molar-refractivity contribution is 7.89. The van der Waals surface area contributed by atoms with Gasteiger partial charge in [-0.05, 0) is 47.7 Å². The number of benzene rings is 1. The molecule has 4 nitrogen and oxygen atoms in total. The summed E-state index contributed by atoms with van der Waals surface area (Å²) in [5.74, 6) is 0.0467. The van der Waals surface area contributed by atoms with Crippen LogP contribution in [0.1, 0.15) is 17.4 Å². The maximum Gasteiger partial charge on any atom is 0.240 e. The molecule has 1 aromatic heterocycles. The molecule has 2 rings (SSSR count). The number of phenols is 1. The van der Waals surface area contributed by atoms with Crippen LogP contribution in [0.15, 0.2) is 40.6 Å². The van der Waals surface area contributed by atoms with Crippen LogP contribution in [0.5, 0.6) is 5.75 Å². The Balaban J connectivity index is 2.12. The Hall–Kier alpha value is -1.37. The van der Waals surface area contributed by atoms with Crippen LogP contribution in [0, 0.1) is 0 Å². The zero-order valence-corrected chi connectivity index (χ0v) is 12.1. The maximum absolute atomic E-state index is 12.1. The Bertz CT molecular complexity index is 645. The highest BCUT2D eigenvalue weighted by atomic mass is 32.2. The lowest BCUT2D eigenvalue weighted by Gasteiger charge is -2.07. The van der Waals surface area contributed by atoms with Crippen molar-refractivity contribution in [2.24, 2.45) is 0 Å². The summed E-state index contributed by atoms with van der Waals surface area (Å²) in [6.45, 7) is 2.34. The number of sulfonamides is 1. The molecule has 1 heterocycles. The Morgan fingerprint density at radius 1 is 1.21 bits per heavy atom. The van der Waals surface area contributed by atoms with Crippen molar-refractivity contribution in [2.75, 3.05) is 0 Å². The number of aromatic hydroxyl groups is 1. The van der Waals surface area contributed by atoms with Crippen molar-refractivity contribution in [1.29, 1.82) is 0 Å². The summed E-state index contributed by atoms with van der Waals surface area (Å²) in [6, 6.07) is 7.49. The van der Waals surface area contributed by atoms with Gasteiger partial charge in [0.15, 0.2) is 0 Å². The molecule has 0 radical (unpaired) electrons. The molecule has 0 atom stereocenters. The number of phenolic OH excluding ortho intramolecular Hbond substituents is 1. The highest BCUT2D eigenvalue weighted by Crippen LogP contribution is 2.19. The Morgan fingerprint density at radius 2 is 1.89 bits per heavy atom. The number of hydrogen-bond donors (Lipinski definition) is 2. The maximum atomic E-state index is 12.1. The van der Waals surface area contributed by atoms with Gasteiger partial charge in [-0.2, -0.15) is 0 Å². The van der Waals surface area contributed by atoms with E-state index in [-0.39, 0.29) is 10.6 Å². The molecule has 6 heteroatoms. The quantitative estimate of drug-likeness (QED) is 0.891.